The van der Waals surface area contributed by atoms with Crippen molar-refractivity contribution in [1.29, 1.82) is 0 Å². The van der Waals surface area contributed by atoms with Gasteiger partial charge in [0.25, 0.3) is 0 Å². The first kappa shape index (κ1) is 14.4. The van der Waals surface area contributed by atoms with Crippen molar-refractivity contribution in [2.75, 3.05) is 10.6 Å². The minimum Gasteiger partial charge on any atom is -0.338 e. The van der Waals surface area contributed by atoms with Crippen LogP contribution < -0.4 is 10.6 Å². The highest BCUT2D eigenvalue weighted by molar-refractivity contribution is 5.93. The Morgan fingerprint density at radius 1 is 1.09 bits per heavy atom. The summed E-state index contributed by atoms with van der Waals surface area (Å²) in [5.74, 6) is -3.84. The van der Waals surface area contributed by atoms with Gasteiger partial charge in [0.1, 0.15) is 5.82 Å². The van der Waals surface area contributed by atoms with Crippen molar-refractivity contribution in [3.63, 3.8) is 0 Å². The molecule has 22 heavy (non-hydrogen) atoms. The number of hydrogen-bond acceptors (Lipinski definition) is 3. The molecule has 1 heterocycles. The Morgan fingerprint density at radius 2 is 1.86 bits per heavy atom. The molecule has 1 aromatic carbocycles. The number of pyridine rings is 1. The van der Waals surface area contributed by atoms with Crippen molar-refractivity contribution < 1.29 is 18.0 Å². The average molecular weight is 307 g/mol. The molecule has 1 fully saturated rings. The standard InChI is InChI=1S/C15H12F3N3O/c16-10-4-5-11(14(18)13(10)17)21-12-6-3-9(7-19-12)20-15(22)8-1-2-8/h3-8H,1-2H2,(H,19,21)(H,20,22). The van der Waals surface area contributed by atoms with Gasteiger partial charge in [0.15, 0.2) is 17.5 Å². The summed E-state index contributed by atoms with van der Waals surface area (Å²) in [7, 11) is 0. The van der Waals surface area contributed by atoms with E-state index in [-0.39, 0.29) is 23.3 Å². The molecule has 1 aromatic heterocycles. The second kappa shape index (κ2) is 5.67. The molecule has 4 nitrogen and oxygen atoms in total. The van der Waals surface area contributed by atoms with Gasteiger partial charge in [0.05, 0.1) is 17.6 Å². The fourth-order valence-corrected chi connectivity index (χ4v) is 1.89. The molecule has 2 aromatic rings. The molecule has 0 aliphatic heterocycles. The topological polar surface area (TPSA) is 54.0 Å². The summed E-state index contributed by atoms with van der Waals surface area (Å²) in [4.78, 5) is 15.6. The van der Waals surface area contributed by atoms with E-state index in [1.807, 2.05) is 0 Å². The van der Waals surface area contributed by atoms with Gasteiger partial charge in [0, 0.05) is 5.92 Å². The Kier molecular flexibility index (Phi) is 3.70. The number of hydrogen-bond donors (Lipinski definition) is 2. The van der Waals surface area contributed by atoms with Crippen molar-refractivity contribution in [2.45, 2.75) is 12.8 Å². The SMILES string of the molecule is O=C(Nc1ccc(Nc2ccc(F)c(F)c2F)nc1)C1CC1. The lowest BCUT2D eigenvalue weighted by atomic mass is 10.2. The van der Waals surface area contributed by atoms with Crippen molar-refractivity contribution in [1.82, 2.24) is 4.98 Å². The monoisotopic (exact) mass is 307 g/mol. The number of benzene rings is 1. The molecular formula is C15H12F3N3O. The molecule has 0 unspecified atom stereocenters. The van der Waals surface area contributed by atoms with Crippen LogP contribution in [-0.4, -0.2) is 10.9 Å². The lowest BCUT2D eigenvalue weighted by molar-refractivity contribution is -0.117. The van der Waals surface area contributed by atoms with Crippen molar-refractivity contribution in [2.24, 2.45) is 5.92 Å². The van der Waals surface area contributed by atoms with Crippen LogP contribution in [0.25, 0.3) is 0 Å². The number of anilines is 3. The minimum absolute atomic E-state index is 0.0471. The molecule has 0 saturated heterocycles. The molecule has 0 bridgehead atoms. The van der Waals surface area contributed by atoms with Gasteiger partial charge in [-0.15, -0.1) is 0 Å². The van der Waals surface area contributed by atoms with Crippen LogP contribution in [0.2, 0.25) is 0 Å². The van der Waals surface area contributed by atoms with Gasteiger partial charge in [-0.3, -0.25) is 4.79 Å². The Labute approximate surface area is 124 Å². The van der Waals surface area contributed by atoms with E-state index in [0.29, 0.717) is 5.69 Å². The van der Waals surface area contributed by atoms with Crippen LogP contribution >= 0.6 is 0 Å². The van der Waals surface area contributed by atoms with Gasteiger partial charge in [-0.1, -0.05) is 0 Å². The Bertz CT molecular complexity index is 715. The molecule has 0 spiro atoms. The van der Waals surface area contributed by atoms with E-state index in [1.165, 1.54) is 12.3 Å². The Balaban J connectivity index is 1.70. The van der Waals surface area contributed by atoms with Gasteiger partial charge in [-0.2, -0.15) is 0 Å². The van der Waals surface area contributed by atoms with Gasteiger partial charge < -0.3 is 10.6 Å². The molecule has 1 aliphatic carbocycles. The van der Waals surface area contributed by atoms with Crippen LogP contribution in [-0.2, 0) is 4.79 Å². The van der Waals surface area contributed by atoms with E-state index < -0.39 is 17.5 Å². The summed E-state index contributed by atoms with van der Waals surface area (Å²) >= 11 is 0. The largest absolute Gasteiger partial charge is 0.338 e. The third-order valence-electron chi connectivity index (χ3n) is 3.28. The highest BCUT2D eigenvalue weighted by atomic mass is 19.2. The summed E-state index contributed by atoms with van der Waals surface area (Å²) in [5, 5.41) is 5.26. The van der Waals surface area contributed by atoms with Gasteiger partial charge >= 0.3 is 0 Å². The summed E-state index contributed by atoms with van der Waals surface area (Å²) in [6, 6.07) is 5.00. The molecule has 1 amide bonds. The number of carbonyl (C=O) groups excluding carboxylic acids is 1. The molecule has 2 N–H and O–H groups in total. The molecular weight excluding hydrogens is 295 g/mol. The van der Waals surface area contributed by atoms with Gasteiger partial charge in [0.2, 0.25) is 5.91 Å². The zero-order chi connectivity index (χ0) is 15.7. The minimum atomic E-state index is -1.54. The number of amides is 1. The third kappa shape index (κ3) is 3.03. The molecule has 1 aliphatic rings. The number of nitrogens with zero attached hydrogens (tertiary/aromatic N) is 1. The van der Waals surface area contributed by atoms with E-state index in [4.69, 9.17) is 0 Å². The zero-order valence-electron chi connectivity index (χ0n) is 11.4. The van der Waals surface area contributed by atoms with E-state index in [2.05, 4.69) is 15.6 Å². The molecule has 0 radical (unpaired) electrons. The highest BCUT2D eigenvalue weighted by Crippen LogP contribution is 2.30. The quantitative estimate of drug-likeness (QED) is 0.849. The van der Waals surface area contributed by atoms with Crippen LogP contribution in [0, 0.1) is 23.4 Å². The Hall–Kier alpha value is -2.57. The van der Waals surface area contributed by atoms with Gasteiger partial charge in [-0.25, -0.2) is 18.2 Å². The van der Waals surface area contributed by atoms with E-state index >= 15 is 0 Å². The summed E-state index contributed by atoms with van der Waals surface area (Å²) in [6.45, 7) is 0. The van der Waals surface area contributed by atoms with Crippen LogP contribution in [0.4, 0.5) is 30.4 Å². The smallest absolute Gasteiger partial charge is 0.227 e. The number of aromatic nitrogens is 1. The summed E-state index contributed by atoms with van der Waals surface area (Å²) < 4.78 is 39.5. The van der Waals surface area contributed by atoms with Crippen molar-refractivity contribution in [3.8, 4) is 0 Å². The first-order valence-electron chi connectivity index (χ1n) is 6.72. The number of halogens is 3. The maximum Gasteiger partial charge on any atom is 0.227 e. The van der Waals surface area contributed by atoms with E-state index in [9.17, 15) is 18.0 Å². The lowest BCUT2D eigenvalue weighted by Gasteiger charge is -2.09. The van der Waals surface area contributed by atoms with Crippen LogP contribution in [0.5, 0.6) is 0 Å². The fourth-order valence-electron chi connectivity index (χ4n) is 1.89. The lowest BCUT2D eigenvalue weighted by Crippen LogP contribution is -2.13. The van der Waals surface area contributed by atoms with E-state index in [1.54, 1.807) is 6.07 Å². The predicted octanol–water partition coefficient (Wildman–Crippen LogP) is 3.59. The fraction of sp³-hybridized carbons (Fsp3) is 0.200. The third-order valence-corrected chi connectivity index (χ3v) is 3.28. The number of nitrogens with one attached hydrogen (secondary N) is 2. The van der Waals surface area contributed by atoms with Crippen molar-refractivity contribution >= 4 is 23.1 Å². The second-order valence-electron chi connectivity index (χ2n) is 5.04. The summed E-state index contributed by atoms with van der Waals surface area (Å²) in [5.41, 5.74) is 0.300. The first-order valence-corrected chi connectivity index (χ1v) is 6.72. The Morgan fingerprint density at radius 3 is 2.50 bits per heavy atom. The number of carbonyl (C=O) groups is 1. The first-order chi connectivity index (χ1) is 10.5. The van der Waals surface area contributed by atoms with Crippen molar-refractivity contribution in [3.05, 3.63) is 47.9 Å². The molecule has 0 atom stereocenters. The second-order valence-corrected chi connectivity index (χ2v) is 5.04. The summed E-state index contributed by atoms with van der Waals surface area (Å²) in [6.07, 6.45) is 3.20. The van der Waals surface area contributed by atoms with Crippen LogP contribution in [0.15, 0.2) is 30.5 Å². The predicted molar refractivity (Wildman–Crippen MR) is 75.2 cm³/mol. The maximum absolute atomic E-state index is 13.5. The molecule has 114 valence electrons. The van der Waals surface area contributed by atoms with E-state index in [0.717, 1.165) is 25.0 Å². The zero-order valence-corrected chi connectivity index (χ0v) is 11.4. The molecule has 7 heteroatoms. The van der Waals surface area contributed by atoms with Gasteiger partial charge in [-0.05, 0) is 37.1 Å². The average Bonchev–Trinajstić information content (AvgIpc) is 3.34. The normalized spacial score (nSPS) is 13.8. The van der Waals surface area contributed by atoms with Crippen LogP contribution in [0.3, 0.4) is 0 Å². The highest BCUT2D eigenvalue weighted by Gasteiger charge is 2.29. The maximum atomic E-state index is 13.5. The molecule has 1 saturated carbocycles. The van der Waals surface area contributed by atoms with Crippen LogP contribution in [0.1, 0.15) is 12.8 Å². The number of rotatable bonds is 4. The molecule has 3 rings (SSSR count).